The Morgan fingerprint density at radius 2 is 2.06 bits per heavy atom. The second-order valence-corrected chi connectivity index (χ2v) is 3.70. The number of methoxy groups -OCH3 is 1. The lowest BCUT2D eigenvalue weighted by Gasteiger charge is -2.14. The average molecular weight is 325 g/mol. The lowest BCUT2D eigenvalue weighted by atomic mass is 10.1. The van der Waals surface area contributed by atoms with Gasteiger partial charge in [-0.3, -0.25) is 0 Å². The second kappa shape index (κ2) is 5.91. The molecule has 18 heavy (non-hydrogen) atoms. The zero-order chi connectivity index (χ0) is 13.8. The first-order chi connectivity index (χ1) is 8.41. The molecule has 0 unspecified atom stereocenters. The molecule has 0 amide bonds. The SMILES string of the molecule is COc1nc(OC(F)(F)F)c(CBr)cc1CC#N. The van der Waals surface area contributed by atoms with Crippen molar-refractivity contribution in [1.82, 2.24) is 4.98 Å². The van der Waals surface area contributed by atoms with E-state index in [4.69, 9.17) is 10.00 Å². The number of ether oxygens (including phenoxy) is 2. The number of pyridine rings is 1. The number of rotatable bonds is 4. The maximum Gasteiger partial charge on any atom is 0.574 e. The van der Waals surface area contributed by atoms with E-state index in [1.807, 2.05) is 6.07 Å². The van der Waals surface area contributed by atoms with Crippen LogP contribution in [0.25, 0.3) is 0 Å². The van der Waals surface area contributed by atoms with Gasteiger partial charge in [0, 0.05) is 16.5 Å². The molecule has 0 aliphatic carbocycles. The minimum atomic E-state index is -4.83. The number of halogens is 4. The third kappa shape index (κ3) is 3.77. The number of alkyl halides is 4. The Balaban J connectivity index is 3.22. The fourth-order valence-corrected chi connectivity index (χ4v) is 1.65. The molecule has 1 rings (SSSR count). The van der Waals surface area contributed by atoms with Gasteiger partial charge in [0.05, 0.1) is 19.6 Å². The highest BCUT2D eigenvalue weighted by molar-refractivity contribution is 9.08. The van der Waals surface area contributed by atoms with Crippen molar-refractivity contribution in [3.63, 3.8) is 0 Å². The largest absolute Gasteiger partial charge is 0.574 e. The van der Waals surface area contributed by atoms with Crippen LogP contribution in [0.4, 0.5) is 13.2 Å². The molecule has 0 aromatic carbocycles. The number of nitriles is 1. The Morgan fingerprint density at radius 1 is 1.39 bits per heavy atom. The lowest BCUT2D eigenvalue weighted by molar-refractivity contribution is -0.276. The molecule has 0 aliphatic rings. The van der Waals surface area contributed by atoms with Crippen LogP contribution >= 0.6 is 15.9 Å². The fraction of sp³-hybridized carbons (Fsp3) is 0.400. The molecule has 0 bridgehead atoms. The van der Waals surface area contributed by atoms with Crippen LogP contribution in [0.2, 0.25) is 0 Å². The molecule has 1 aromatic rings. The zero-order valence-electron chi connectivity index (χ0n) is 9.21. The number of hydrogen-bond donors (Lipinski definition) is 0. The molecule has 0 aliphatic heterocycles. The summed E-state index contributed by atoms with van der Waals surface area (Å²) in [6, 6.07) is 3.27. The Labute approximate surface area is 109 Å². The highest BCUT2D eigenvalue weighted by Crippen LogP contribution is 2.30. The summed E-state index contributed by atoms with van der Waals surface area (Å²) >= 11 is 3.04. The molecular formula is C10H8BrF3N2O2. The summed E-state index contributed by atoms with van der Waals surface area (Å²) < 4.78 is 45.1. The van der Waals surface area contributed by atoms with Crippen LogP contribution in [-0.4, -0.2) is 18.5 Å². The van der Waals surface area contributed by atoms with Crippen molar-refractivity contribution in [1.29, 1.82) is 5.26 Å². The molecule has 1 heterocycles. The molecule has 0 saturated carbocycles. The van der Waals surface area contributed by atoms with Gasteiger partial charge in [0.2, 0.25) is 11.8 Å². The molecule has 0 N–H and O–H groups in total. The van der Waals surface area contributed by atoms with Gasteiger partial charge >= 0.3 is 6.36 Å². The van der Waals surface area contributed by atoms with Gasteiger partial charge in [-0.15, -0.1) is 13.2 Å². The summed E-state index contributed by atoms with van der Waals surface area (Å²) in [5, 5.41) is 8.72. The number of hydrogen-bond acceptors (Lipinski definition) is 4. The van der Waals surface area contributed by atoms with Crippen LogP contribution in [0.1, 0.15) is 11.1 Å². The van der Waals surface area contributed by atoms with E-state index in [9.17, 15) is 13.2 Å². The molecule has 0 atom stereocenters. The van der Waals surface area contributed by atoms with Gasteiger partial charge in [0.25, 0.3) is 0 Å². The predicted molar refractivity (Wildman–Crippen MR) is 59.4 cm³/mol. The number of nitrogens with zero attached hydrogens (tertiary/aromatic N) is 2. The molecule has 0 fully saturated rings. The first-order valence-electron chi connectivity index (χ1n) is 4.66. The van der Waals surface area contributed by atoms with Crippen molar-refractivity contribution in [2.75, 3.05) is 7.11 Å². The molecule has 0 radical (unpaired) electrons. The quantitative estimate of drug-likeness (QED) is 0.799. The molecule has 4 nitrogen and oxygen atoms in total. The lowest BCUT2D eigenvalue weighted by Crippen LogP contribution is -2.19. The van der Waals surface area contributed by atoms with Crippen molar-refractivity contribution in [2.24, 2.45) is 0 Å². The second-order valence-electron chi connectivity index (χ2n) is 3.14. The van der Waals surface area contributed by atoms with E-state index in [1.165, 1.54) is 13.2 Å². The van der Waals surface area contributed by atoms with Crippen molar-refractivity contribution in [2.45, 2.75) is 18.1 Å². The normalized spacial score (nSPS) is 10.9. The maximum absolute atomic E-state index is 12.2. The monoisotopic (exact) mass is 324 g/mol. The van der Waals surface area contributed by atoms with Crippen molar-refractivity contribution >= 4 is 15.9 Å². The van der Waals surface area contributed by atoms with E-state index >= 15 is 0 Å². The van der Waals surface area contributed by atoms with E-state index < -0.39 is 12.2 Å². The van der Waals surface area contributed by atoms with E-state index in [1.54, 1.807) is 0 Å². The van der Waals surface area contributed by atoms with Crippen molar-refractivity contribution in [3.05, 3.63) is 17.2 Å². The highest BCUT2D eigenvalue weighted by Gasteiger charge is 2.33. The van der Waals surface area contributed by atoms with E-state index in [2.05, 4.69) is 25.7 Å². The van der Waals surface area contributed by atoms with Crippen molar-refractivity contribution in [3.8, 4) is 17.8 Å². The minimum absolute atomic E-state index is 0.0114. The molecule has 8 heteroatoms. The summed E-state index contributed by atoms with van der Waals surface area (Å²) in [6.45, 7) is 0. The summed E-state index contributed by atoms with van der Waals surface area (Å²) in [7, 11) is 1.26. The molecular weight excluding hydrogens is 317 g/mol. The first-order valence-corrected chi connectivity index (χ1v) is 5.79. The zero-order valence-corrected chi connectivity index (χ0v) is 10.8. The van der Waals surface area contributed by atoms with Gasteiger partial charge < -0.3 is 9.47 Å². The standard InChI is InChI=1S/C10H8BrF3N2O2/c1-17-8-6(2-3-15)4-7(5-11)9(16-8)18-10(12,13)14/h4H,2,5H2,1H3. The van der Waals surface area contributed by atoms with Crippen molar-refractivity contribution < 1.29 is 22.6 Å². The van der Waals surface area contributed by atoms with E-state index in [-0.39, 0.29) is 23.2 Å². The molecule has 98 valence electrons. The van der Waals surface area contributed by atoms with Crippen LogP contribution in [0, 0.1) is 11.3 Å². The third-order valence-electron chi connectivity index (χ3n) is 1.92. The minimum Gasteiger partial charge on any atom is -0.481 e. The third-order valence-corrected chi connectivity index (χ3v) is 2.52. The fourth-order valence-electron chi connectivity index (χ4n) is 1.25. The number of aromatic nitrogens is 1. The van der Waals surface area contributed by atoms with Gasteiger partial charge in [-0.1, -0.05) is 15.9 Å². The van der Waals surface area contributed by atoms with Gasteiger partial charge in [-0.25, -0.2) is 0 Å². The van der Waals surface area contributed by atoms with Crippen LogP contribution in [0.3, 0.4) is 0 Å². The highest BCUT2D eigenvalue weighted by atomic mass is 79.9. The first kappa shape index (κ1) is 14.6. The van der Waals surface area contributed by atoms with Crippen LogP contribution < -0.4 is 9.47 Å². The van der Waals surface area contributed by atoms with Gasteiger partial charge in [0.1, 0.15) is 0 Å². The molecule has 0 saturated heterocycles. The maximum atomic E-state index is 12.2. The van der Waals surface area contributed by atoms with Gasteiger partial charge in [-0.2, -0.15) is 10.2 Å². The molecule has 0 spiro atoms. The van der Waals surface area contributed by atoms with Gasteiger partial charge in [-0.05, 0) is 6.07 Å². The Hall–Kier alpha value is -1.49. The smallest absolute Gasteiger partial charge is 0.481 e. The summed E-state index contributed by atoms with van der Waals surface area (Å²) in [6.07, 6.45) is -4.84. The van der Waals surface area contributed by atoms with Crippen LogP contribution in [0.5, 0.6) is 11.8 Å². The Kier molecular flexibility index (Phi) is 4.78. The van der Waals surface area contributed by atoms with E-state index in [0.717, 1.165) is 0 Å². The molecule has 1 aromatic heterocycles. The van der Waals surface area contributed by atoms with Crippen LogP contribution in [-0.2, 0) is 11.8 Å². The Bertz CT molecular complexity index is 471. The summed E-state index contributed by atoms with van der Waals surface area (Å²) in [4.78, 5) is 3.62. The summed E-state index contributed by atoms with van der Waals surface area (Å²) in [5.41, 5.74) is 0.599. The summed E-state index contributed by atoms with van der Waals surface area (Å²) in [5.74, 6) is -0.640. The topological polar surface area (TPSA) is 55.1 Å². The predicted octanol–water partition coefficient (Wildman–Crippen LogP) is 2.95. The van der Waals surface area contributed by atoms with Crippen LogP contribution in [0.15, 0.2) is 6.07 Å². The Morgan fingerprint density at radius 3 is 2.50 bits per heavy atom. The average Bonchev–Trinajstić information content (AvgIpc) is 2.28. The van der Waals surface area contributed by atoms with Gasteiger partial charge in [0.15, 0.2) is 0 Å². The van der Waals surface area contributed by atoms with E-state index in [0.29, 0.717) is 5.56 Å².